The monoisotopic (exact) mass is 369 g/mol. The molecule has 0 bridgehead atoms. The van der Waals surface area contributed by atoms with E-state index in [1.54, 1.807) is 4.90 Å². The van der Waals surface area contributed by atoms with Crippen molar-refractivity contribution in [3.63, 3.8) is 0 Å². The number of nitrogens with zero attached hydrogens (tertiary/aromatic N) is 2. The van der Waals surface area contributed by atoms with Gasteiger partial charge in [0, 0.05) is 19.5 Å². The summed E-state index contributed by atoms with van der Waals surface area (Å²) in [5, 5.41) is 2.88. The van der Waals surface area contributed by atoms with Gasteiger partial charge in [-0.3, -0.25) is 9.59 Å². The minimum atomic E-state index is -0.537. The molecule has 6 heteroatoms. The largest absolute Gasteiger partial charge is 0.441 e. The van der Waals surface area contributed by atoms with Gasteiger partial charge >= 0.3 is 0 Å². The Morgan fingerprint density at radius 2 is 1.96 bits per heavy atom. The lowest BCUT2D eigenvalue weighted by molar-refractivity contribution is -0.144. The van der Waals surface area contributed by atoms with Crippen LogP contribution in [-0.4, -0.2) is 40.8 Å². The van der Waals surface area contributed by atoms with E-state index < -0.39 is 6.04 Å². The van der Waals surface area contributed by atoms with Crippen molar-refractivity contribution >= 4 is 22.9 Å². The van der Waals surface area contributed by atoms with E-state index in [0.717, 1.165) is 18.4 Å². The molecule has 1 saturated heterocycles. The zero-order chi connectivity index (χ0) is 18.6. The van der Waals surface area contributed by atoms with Gasteiger partial charge in [0.05, 0.1) is 6.42 Å². The quantitative estimate of drug-likeness (QED) is 0.841. The normalized spacial score (nSPS) is 21.9. The Morgan fingerprint density at radius 1 is 1.19 bits per heavy atom. The Balaban J connectivity index is 1.47. The molecule has 4 rings (SSSR count). The van der Waals surface area contributed by atoms with Crippen molar-refractivity contribution in [2.24, 2.45) is 5.92 Å². The molecule has 2 heterocycles. The standard InChI is InChI=1S/C21H27N3O3/c25-20(13-15-7-3-1-2-4-8-15)24-12-11-22-21(26)17(24)14-19-23-16-9-5-6-10-18(16)27-19/h5-6,9-10,15,17H,1-4,7-8,11-14H2,(H,22,26)/t17-/m1/s1. The zero-order valence-corrected chi connectivity index (χ0v) is 15.7. The third-order valence-corrected chi connectivity index (χ3v) is 5.80. The molecule has 1 N–H and O–H groups in total. The highest BCUT2D eigenvalue weighted by molar-refractivity contribution is 5.89. The maximum absolute atomic E-state index is 13.0. The third kappa shape index (κ3) is 4.15. The molecule has 1 aliphatic heterocycles. The third-order valence-electron chi connectivity index (χ3n) is 5.80. The van der Waals surface area contributed by atoms with Gasteiger partial charge in [-0.2, -0.15) is 0 Å². The van der Waals surface area contributed by atoms with Crippen LogP contribution in [0.15, 0.2) is 28.7 Å². The van der Waals surface area contributed by atoms with E-state index in [1.165, 1.54) is 25.7 Å². The van der Waals surface area contributed by atoms with Crippen molar-refractivity contribution in [2.75, 3.05) is 13.1 Å². The highest BCUT2D eigenvalue weighted by Crippen LogP contribution is 2.27. The number of carbonyl (C=O) groups excluding carboxylic acids is 2. The van der Waals surface area contributed by atoms with Crippen LogP contribution in [0.3, 0.4) is 0 Å². The Hall–Kier alpha value is -2.37. The molecule has 0 radical (unpaired) electrons. The Morgan fingerprint density at radius 3 is 2.74 bits per heavy atom. The first-order valence-electron chi connectivity index (χ1n) is 10.1. The number of piperazine rings is 1. The first-order chi connectivity index (χ1) is 13.2. The van der Waals surface area contributed by atoms with Gasteiger partial charge < -0.3 is 14.6 Å². The predicted molar refractivity (Wildman–Crippen MR) is 102 cm³/mol. The number of aromatic nitrogens is 1. The first-order valence-corrected chi connectivity index (χ1v) is 10.1. The van der Waals surface area contributed by atoms with Crippen LogP contribution >= 0.6 is 0 Å². The topological polar surface area (TPSA) is 75.4 Å². The van der Waals surface area contributed by atoms with Gasteiger partial charge in [0.15, 0.2) is 11.5 Å². The minimum Gasteiger partial charge on any atom is -0.441 e. The number of fused-ring (bicyclic) bond motifs is 1. The molecular weight excluding hydrogens is 342 g/mol. The molecular formula is C21H27N3O3. The molecule has 1 aromatic carbocycles. The summed E-state index contributed by atoms with van der Waals surface area (Å²) < 4.78 is 5.78. The maximum atomic E-state index is 13.0. The molecule has 2 aliphatic rings. The van der Waals surface area contributed by atoms with Crippen LogP contribution in [0.4, 0.5) is 0 Å². The number of hydrogen-bond donors (Lipinski definition) is 1. The second-order valence-electron chi connectivity index (χ2n) is 7.74. The van der Waals surface area contributed by atoms with Crippen molar-refractivity contribution < 1.29 is 14.0 Å². The average Bonchev–Trinajstić information content (AvgIpc) is 2.90. The average molecular weight is 369 g/mol. The van der Waals surface area contributed by atoms with Crippen LogP contribution in [0.2, 0.25) is 0 Å². The lowest BCUT2D eigenvalue weighted by Crippen LogP contribution is -2.58. The number of benzene rings is 1. The van der Waals surface area contributed by atoms with E-state index in [0.29, 0.717) is 43.3 Å². The van der Waals surface area contributed by atoms with Crippen LogP contribution in [0.5, 0.6) is 0 Å². The van der Waals surface area contributed by atoms with E-state index in [2.05, 4.69) is 10.3 Å². The number of hydrogen-bond acceptors (Lipinski definition) is 4. The van der Waals surface area contributed by atoms with Crippen LogP contribution in [0, 0.1) is 5.92 Å². The summed E-state index contributed by atoms with van der Waals surface area (Å²) in [6.07, 6.45) is 8.10. The van der Waals surface area contributed by atoms with Crippen LogP contribution < -0.4 is 5.32 Å². The van der Waals surface area contributed by atoms with E-state index in [-0.39, 0.29) is 11.8 Å². The SMILES string of the molecule is O=C1NCCN(C(=O)CC2CCCCCC2)[C@@H]1Cc1nc2ccccc2o1. The maximum Gasteiger partial charge on any atom is 0.243 e. The first kappa shape index (κ1) is 18.0. The number of amides is 2. The molecule has 2 amide bonds. The molecule has 1 saturated carbocycles. The molecule has 1 aliphatic carbocycles. The molecule has 6 nitrogen and oxygen atoms in total. The number of para-hydroxylation sites is 2. The second kappa shape index (κ2) is 8.11. The van der Waals surface area contributed by atoms with E-state index in [4.69, 9.17) is 4.42 Å². The number of nitrogens with one attached hydrogen (secondary N) is 1. The van der Waals surface area contributed by atoms with Gasteiger partial charge in [-0.25, -0.2) is 4.98 Å². The summed E-state index contributed by atoms with van der Waals surface area (Å²) in [4.78, 5) is 31.7. The van der Waals surface area contributed by atoms with Gasteiger partial charge in [0.25, 0.3) is 0 Å². The number of oxazole rings is 1. The highest BCUT2D eigenvalue weighted by Gasteiger charge is 2.35. The molecule has 1 atom stereocenters. The minimum absolute atomic E-state index is 0.0952. The molecule has 1 aromatic heterocycles. The smallest absolute Gasteiger partial charge is 0.243 e. The lowest BCUT2D eigenvalue weighted by atomic mass is 9.95. The van der Waals surface area contributed by atoms with Gasteiger partial charge in [0.2, 0.25) is 11.8 Å². The number of rotatable bonds is 4. The fraction of sp³-hybridized carbons (Fsp3) is 0.571. The molecule has 2 aromatic rings. The van der Waals surface area contributed by atoms with Gasteiger partial charge in [-0.1, -0.05) is 37.8 Å². The second-order valence-corrected chi connectivity index (χ2v) is 7.74. The van der Waals surface area contributed by atoms with Crippen LogP contribution in [-0.2, 0) is 16.0 Å². The van der Waals surface area contributed by atoms with E-state index >= 15 is 0 Å². The van der Waals surface area contributed by atoms with Gasteiger partial charge in [0.1, 0.15) is 11.6 Å². The summed E-state index contributed by atoms with van der Waals surface area (Å²) in [7, 11) is 0. The summed E-state index contributed by atoms with van der Waals surface area (Å²) in [5.41, 5.74) is 1.49. The fourth-order valence-electron chi connectivity index (χ4n) is 4.32. The van der Waals surface area contributed by atoms with E-state index in [1.807, 2.05) is 24.3 Å². The molecule has 2 fully saturated rings. The fourth-order valence-corrected chi connectivity index (χ4v) is 4.32. The van der Waals surface area contributed by atoms with Crippen molar-refractivity contribution in [1.29, 1.82) is 0 Å². The summed E-state index contributed by atoms with van der Waals surface area (Å²) in [6.45, 7) is 1.07. The van der Waals surface area contributed by atoms with Crippen molar-refractivity contribution in [3.8, 4) is 0 Å². The Kier molecular flexibility index (Phi) is 5.41. The summed E-state index contributed by atoms with van der Waals surface area (Å²) in [5.74, 6) is 0.941. The predicted octanol–water partition coefficient (Wildman–Crippen LogP) is 3.06. The van der Waals surface area contributed by atoms with Crippen molar-refractivity contribution in [1.82, 2.24) is 15.2 Å². The Bertz CT molecular complexity index is 775. The molecule has 27 heavy (non-hydrogen) atoms. The van der Waals surface area contributed by atoms with Crippen molar-refractivity contribution in [3.05, 3.63) is 30.2 Å². The zero-order valence-electron chi connectivity index (χ0n) is 15.7. The molecule has 0 unspecified atom stereocenters. The lowest BCUT2D eigenvalue weighted by Gasteiger charge is -2.35. The van der Waals surface area contributed by atoms with Crippen molar-refractivity contribution in [2.45, 2.75) is 57.4 Å². The number of carbonyl (C=O) groups is 2. The summed E-state index contributed by atoms with van der Waals surface area (Å²) in [6, 6.07) is 7.02. The Labute approximate surface area is 159 Å². The summed E-state index contributed by atoms with van der Waals surface area (Å²) >= 11 is 0. The molecule has 144 valence electrons. The van der Waals surface area contributed by atoms with Crippen LogP contribution in [0.25, 0.3) is 11.1 Å². The van der Waals surface area contributed by atoms with Gasteiger partial charge in [-0.05, 0) is 30.9 Å². The van der Waals surface area contributed by atoms with E-state index in [9.17, 15) is 9.59 Å². The highest BCUT2D eigenvalue weighted by atomic mass is 16.3. The van der Waals surface area contributed by atoms with Gasteiger partial charge in [-0.15, -0.1) is 0 Å². The molecule has 0 spiro atoms. The van der Waals surface area contributed by atoms with Crippen LogP contribution in [0.1, 0.15) is 50.8 Å².